The Hall–Kier alpha value is 0.280. The zero-order valence-electron chi connectivity index (χ0n) is 8.59. The third-order valence-corrected chi connectivity index (χ3v) is 4.50. The number of rotatable bonds is 1. The van der Waals surface area contributed by atoms with Gasteiger partial charge in [-0.15, -0.1) is 0 Å². The van der Waals surface area contributed by atoms with Crippen LogP contribution in [0.15, 0.2) is 18.2 Å². The first-order valence-corrected chi connectivity index (χ1v) is 6.91. The van der Waals surface area contributed by atoms with Crippen LogP contribution >= 0.6 is 45.2 Å². The zero-order chi connectivity index (χ0) is 11.1. The monoisotopic (exact) mass is 430 g/mol. The van der Waals surface area contributed by atoms with Crippen molar-refractivity contribution < 1.29 is 9.47 Å². The third-order valence-electron chi connectivity index (χ3n) is 2.45. The molecule has 0 saturated heterocycles. The van der Waals surface area contributed by atoms with Gasteiger partial charge in [0.1, 0.15) is 12.9 Å². The van der Waals surface area contributed by atoms with Gasteiger partial charge in [0, 0.05) is 12.0 Å². The molecule has 0 bridgehead atoms. The smallest absolute Gasteiger partial charge is 0.125 e. The fourth-order valence-corrected chi connectivity index (χ4v) is 3.84. The van der Waals surface area contributed by atoms with Gasteiger partial charge in [0.25, 0.3) is 0 Å². The van der Waals surface area contributed by atoms with Crippen molar-refractivity contribution in [2.75, 3.05) is 7.11 Å². The van der Waals surface area contributed by atoms with E-state index in [0.717, 1.165) is 17.9 Å². The SMILES string of the molecule is COc1ccc2c(c1)C(I)(I)CC(C)O2. The van der Waals surface area contributed by atoms with E-state index in [1.807, 2.05) is 12.1 Å². The van der Waals surface area contributed by atoms with E-state index >= 15 is 0 Å². The highest BCUT2D eigenvalue weighted by molar-refractivity contribution is 14.2. The van der Waals surface area contributed by atoms with Crippen LogP contribution < -0.4 is 9.47 Å². The molecule has 0 N–H and O–H groups in total. The summed E-state index contributed by atoms with van der Waals surface area (Å²) < 4.78 is 11.1. The third kappa shape index (κ3) is 2.35. The van der Waals surface area contributed by atoms with Gasteiger partial charge >= 0.3 is 0 Å². The Morgan fingerprint density at radius 3 is 2.87 bits per heavy atom. The van der Waals surface area contributed by atoms with E-state index in [-0.39, 0.29) is 7.53 Å². The summed E-state index contributed by atoms with van der Waals surface area (Å²) in [6.07, 6.45) is 1.30. The minimum absolute atomic E-state index is 0.108. The van der Waals surface area contributed by atoms with Crippen LogP contribution in [-0.2, 0) is 1.43 Å². The minimum Gasteiger partial charge on any atom is -0.497 e. The fourth-order valence-electron chi connectivity index (χ4n) is 1.75. The van der Waals surface area contributed by atoms with Crippen LogP contribution in [0.1, 0.15) is 18.9 Å². The zero-order valence-corrected chi connectivity index (χ0v) is 12.9. The number of ether oxygens (including phenoxy) is 2. The topological polar surface area (TPSA) is 18.5 Å². The molecule has 1 aliphatic rings. The molecule has 1 aliphatic heterocycles. The van der Waals surface area contributed by atoms with Gasteiger partial charge in [-0.25, -0.2) is 0 Å². The number of methoxy groups -OCH3 is 1. The lowest BCUT2D eigenvalue weighted by molar-refractivity contribution is 0.190. The quantitative estimate of drug-likeness (QED) is 0.498. The highest BCUT2D eigenvalue weighted by Gasteiger charge is 2.36. The first-order valence-electron chi connectivity index (χ1n) is 4.76. The number of hydrogen-bond acceptors (Lipinski definition) is 2. The lowest BCUT2D eigenvalue weighted by Gasteiger charge is -2.33. The van der Waals surface area contributed by atoms with Crippen molar-refractivity contribution in [3.05, 3.63) is 23.8 Å². The van der Waals surface area contributed by atoms with Crippen molar-refractivity contribution >= 4 is 45.2 Å². The van der Waals surface area contributed by atoms with E-state index < -0.39 is 0 Å². The van der Waals surface area contributed by atoms with Crippen molar-refractivity contribution in [3.63, 3.8) is 0 Å². The van der Waals surface area contributed by atoms with Crippen LogP contribution in [-0.4, -0.2) is 13.2 Å². The molecule has 4 heteroatoms. The summed E-state index contributed by atoms with van der Waals surface area (Å²) in [5, 5.41) is 0. The Bertz CT molecular complexity index is 377. The number of hydrogen-bond donors (Lipinski definition) is 0. The highest BCUT2D eigenvalue weighted by atomic mass is 127. The van der Waals surface area contributed by atoms with Gasteiger partial charge in [0.15, 0.2) is 0 Å². The van der Waals surface area contributed by atoms with E-state index in [1.165, 1.54) is 5.56 Å². The van der Waals surface area contributed by atoms with Gasteiger partial charge in [0.2, 0.25) is 0 Å². The molecule has 2 nitrogen and oxygen atoms in total. The second kappa shape index (κ2) is 4.27. The highest BCUT2D eigenvalue weighted by Crippen LogP contribution is 2.51. The van der Waals surface area contributed by atoms with Crippen LogP contribution in [0, 0.1) is 0 Å². The van der Waals surface area contributed by atoms with Crippen molar-refractivity contribution in [3.8, 4) is 11.5 Å². The lowest BCUT2D eigenvalue weighted by Crippen LogP contribution is -2.28. The van der Waals surface area contributed by atoms with E-state index in [2.05, 4.69) is 58.2 Å². The van der Waals surface area contributed by atoms with Gasteiger partial charge in [-0.3, -0.25) is 0 Å². The van der Waals surface area contributed by atoms with Crippen molar-refractivity contribution in [2.45, 2.75) is 20.9 Å². The molecule has 0 spiro atoms. The van der Waals surface area contributed by atoms with Crippen LogP contribution in [0.2, 0.25) is 0 Å². The summed E-state index contributed by atoms with van der Waals surface area (Å²) in [4.78, 5) is 0. The molecule has 0 aliphatic carbocycles. The van der Waals surface area contributed by atoms with Crippen LogP contribution in [0.4, 0.5) is 0 Å². The summed E-state index contributed by atoms with van der Waals surface area (Å²) in [5.41, 5.74) is 1.22. The van der Waals surface area contributed by atoms with E-state index in [1.54, 1.807) is 7.11 Å². The van der Waals surface area contributed by atoms with Gasteiger partial charge < -0.3 is 9.47 Å². The summed E-state index contributed by atoms with van der Waals surface area (Å²) in [6, 6.07) is 6.01. The molecule has 1 heterocycles. The maximum Gasteiger partial charge on any atom is 0.125 e. The summed E-state index contributed by atoms with van der Waals surface area (Å²) in [5.74, 6) is 1.88. The Balaban J connectivity index is 2.48. The molecule has 1 aromatic rings. The Labute approximate surface area is 117 Å². The molecule has 1 unspecified atom stereocenters. The number of halogens is 2. The number of benzene rings is 1. The van der Waals surface area contributed by atoms with Gasteiger partial charge in [0.05, 0.1) is 13.2 Å². The minimum atomic E-state index is 0.108. The molecule has 1 atom stereocenters. The number of alkyl halides is 2. The number of fused-ring (bicyclic) bond motifs is 1. The predicted molar refractivity (Wildman–Crippen MR) is 77.4 cm³/mol. The Morgan fingerprint density at radius 2 is 2.20 bits per heavy atom. The van der Waals surface area contributed by atoms with Crippen molar-refractivity contribution in [1.29, 1.82) is 0 Å². The molecule has 0 fully saturated rings. The molecule has 0 aromatic heterocycles. The lowest BCUT2D eigenvalue weighted by atomic mass is 10.0. The summed E-state index contributed by atoms with van der Waals surface area (Å²) in [6.45, 7) is 2.11. The largest absolute Gasteiger partial charge is 0.497 e. The molecule has 0 amide bonds. The van der Waals surface area contributed by atoms with Gasteiger partial charge in [-0.2, -0.15) is 0 Å². The Kier molecular flexibility index (Phi) is 3.35. The molecule has 0 radical (unpaired) electrons. The van der Waals surface area contributed by atoms with Crippen LogP contribution in [0.3, 0.4) is 0 Å². The molecule has 15 heavy (non-hydrogen) atoms. The maximum atomic E-state index is 5.80. The average Bonchev–Trinajstić information content (AvgIpc) is 2.16. The molecular weight excluding hydrogens is 418 g/mol. The fraction of sp³-hybridized carbons (Fsp3) is 0.455. The second-order valence-corrected chi connectivity index (χ2v) is 9.45. The van der Waals surface area contributed by atoms with E-state index in [0.29, 0.717) is 0 Å². The van der Waals surface area contributed by atoms with E-state index in [9.17, 15) is 0 Å². The molecule has 2 rings (SSSR count). The average molecular weight is 430 g/mol. The normalized spacial score (nSPS) is 22.8. The van der Waals surface area contributed by atoms with Gasteiger partial charge in [-0.1, -0.05) is 45.2 Å². The van der Waals surface area contributed by atoms with Crippen molar-refractivity contribution in [2.24, 2.45) is 0 Å². The van der Waals surface area contributed by atoms with Crippen molar-refractivity contribution in [1.82, 2.24) is 0 Å². The summed E-state index contributed by atoms with van der Waals surface area (Å²) in [7, 11) is 1.69. The summed E-state index contributed by atoms with van der Waals surface area (Å²) >= 11 is 4.96. The Morgan fingerprint density at radius 1 is 1.47 bits per heavy atom. The maximum absolute atomic E-state index is 5.80. The molecular formula is C11H12I2O2. The molecule has 1 aromatic carbocycles. The molecule has 82 valence electrons. The predicted octanol–water partition coefficient (Wildman–Crippen LogP) is 3.89. The molecule has 0 saturated carbocycles. The first kappa shape index (κ1) is 11.8. The first-order chi connectivity index (χ1) is 7.03. The van der Waals surface area contributed by atoms with Gasteiger partial charge in [-0.05, 0) is 25.1 Å². The van der Waals surface area contributed by atoms with Crippen LogP contribution in [0.25, 0.3) is 0 Å². The van der Waals surface area contributed by atoms with E-state index in [4.69, 9.17) is 9.47 Å². The standard InChI is InChI=1S/C11H12I2O2/c1-7-6-11(12,13)9-5-8(14-2)3-4-10(9)15-7/h3-5,7H,6H2,1-2H3. The second-order valence-electron chi connectivity index (χ2n) is 3.70. The van der Waals surface area contributed by atoms with Crippen LogP contribution in [0.5, 0.6) is 11.5 Å².